The van der Waals surface area contributed by atoms with Gasteiger partial charge in [0.1, 0.15) is 0 Å². The summed E-state index contributed by atoms with van der Waals surface area (Å²) in [6.45, 7) is 0. The number of hydrogen-bond acceptors (Lipinski definition) is 2. The molecule has 0 radical (unpaired) electrons. The van der Waals surface area contributed by atoms with Gasteiger partial charge in [-0.05, 0) is 0 Å². The zero-order valence-electron chi connectivity index (χ0n) is 3.90. The van der Waals surface area contributed by atoms with Crippen LogP contribution in [0.4, 0.5) is 4.79 Å². The van der Waals surface area contributed by atoms with Gasteiger partial charge in [0.15, 0.2) is 6.07 Å². The molecular formula is C3H6ClNO2. The minimum Gasteiger partial charge on any atom is -0.433 e. The molecule has 3 nitrogen and oxygen atoms in total. The van der Waals surface area contributed by atoms with Gasteiger partial charge in [0.25, 0.3) is 0 Å². The molecule has 0 heterocycles. The first-order valence-electron chi connectivity index (χ1n) is 1.71. The SMILES string of the molecule is CNC(=O)OCCl. The van der Waals surface area contributed by atoms with Crippen molar-refractivity contribution in [1.29, 1.82) is 0 Å². The highest BCUT2D eigenvalue weighted by atomic mass is 35.5. The van der Waals surface area contributed by atoms with Crippen molar-refractivity contribution in [2.75, 3.05) is 13.1 Å². The quantitative estimate of drug-likeness (QED) is 0.517. The predicted molar refractivity (Wildman–Crippen MR) is 26.3 cm³/mol. The van der Waals surface area contributed by atoms with Gasteiger partial charge < -0.3 is 10.1 Å². The second kappa shape index (κ2) is 3.74. The molecule has 1 N–H and O–H groups in total. The maximum atomic E-state index is 9.99. The molecule has 0 aromatic rings. The summed E-state index contributed by atoms with van der Waals surface area (Å²) in [5.41, 5.74) is 0. The van der Waals surface area contributed by atoms with Crippen LogP contribution in [0.2, 0.25) is 0 Å². The Morgan fingerprint density at radius 3 is 2.71 bits per heavy atom. The zero-order chi connectivity index (χ0) is 5.70. The van der Waals surface area contributed by atoms with Crippen molar-refractivity contribution < 1.29 is 9.53 Å². The van der Waals surface area contributed by atoms with E-state index in [1.165, 1.54) is 7.05 Å². The molecule has 0 saturated carbocycles. The van der Waals surface area contributed by atoms with E-state index in [9.17, 15) is 4.79 Å². The van der Waals surface area contributed by atoms with E-state index < -0.39 is 6.09 Å². The van der Waals surface area contributed by atoms with Gasteiger partial charge in [-0.15, -0.1) is 0 Å². The van der Waals surface area contributed by atoms with Gasteiger partial charge in [-0.2, -0.15) is 0 Å². The molecule has 0 aromatic carbocycles. The molecular weight excluding hydrogens is 117 g/mol. The number of hydrogen-bond donors (Lipinski definition) is 1. The molecule has 0 aliphatic carbocycles. The van der Waals surface area contributed by atoms with Crippen molar-refractivity contribution in [1.82, 2.24) is 5.32 Å². The topological polar surface area (TPSA) is 38.3 Å². The number of carbonyl (C=O) groups excluding carboxylic acids is 1. The fourth-order valence-electron chi connectivity index (χ4n) is 0.122. The van der Waals surface area contributed by atoms with Crippen LogP contribution in [0.5, 0.6) is 0 Å². The normalized spacial score (nSPS) is 7.71. The third kappa shape index (κ3) is 3.39. The van der Waals surface area contributed by atoms with E-state index in [2.05, 4.69) is 10.1 Å². The second-order valence-corrected chi connectivity index (χ2v) is 1.01. The van der Waals surface area contributed by atoms with E-state index in [1.807, 2.05) is 0 Å². The van der Waals surface area contributed by atoms with Crippen LogP contribution in [0.3, 0.4) is 0 Å². The lowest BCUT2D eigenvalue weighted by molar-refractivity contribution is 0.167. The standard InChI is InChI=1S/C3H6ClNO2/c1-5-3(6)7-2-4/h2H2,1H3,(H,5,6). The fraction of sp³-hybridized carbons (Fsp3) is 0.667. The predicted octanol–water partition coefficient (Wildman–Crippen LogP) is 0.539. The van der Waals surface area contributed by atoms with Gasteiger partial charge in [-0.3, -0.25) is 0 Å². The average molecular weight is 124 g/mol. The summed E-state index contributed by atoms with van der Waals surface area (Å²) >= 11 is 4.99. The average Bonchev–Trinajstić information content (AvgIpc) is 1.68. The number of alkyl halides is 1. The first-order chi connectivity index (χ1) is 3.31. The minimum absolute atomic E-state index is 0.0975. The van der Waals surface area contributed by atoms with Crippen LogP contribution in [0.1, 0.15) is 0 Å². The van der Waals surface area contributed by atoms with E-state index in [-0.39, 0.29) is 6.07 Å². The summed E-state index contributed by atoms with van der Waals surface area (Å²) < 4.78 is 4.21. The number of rotatable bonds is 1. The van der Waals surface area contributed by atoms with E-state index >= 15 is 0 Å². The van der Waals surface area contributed by atoms with Gasteiger partial charge in [0, 0.05) is 7.05 Å². The van der Waals surface area contributed by atoms with Crippen LogP contribution < -0.4 is 5.32 Å². The van der Waals surface area contributed by atoms with Crippen molar-refractivity contribution in [3.8, 4) is 0 Å². The van der Waals surface area contributed by atoms with Gasteiger partial charge in [0.2, 0.25) is 0 Å². The van der Waals surface area contributed by atoms with Gasteiger partial charge in [-0.25, -0.2) is 4.79 Å². The van der Waals surface area contributed by atoms with Crippen molar-refractivity contribution in [2.24, 2.45) is 0 Å². The molecule has 0 fully saturated rings. The Balaban J connectivity index is 3.00. The van der Waals surface area contributed by atoms with Crippen molar-refractivity contribution >= 4 is 17.7 Å². The fourth-order valence-corrected chi connectivity index (χ4v) is 0.221. The molecule has 0 aromatic heterocycles. The molecule has 0 aliphatic rings. The number of carbonyl (C=O) groups is 1. The van der Waals surface area contributed by atoms with E-state index in [4.69, 9.17) is 11.6 Å². The Morgan fingerprint density at radius 2 is 2.57 bits per heavy atom. The number of alkyl carbamates (subject to hydrolysis) is 1. The second-order valence-electron chi connectivity index (χ2n) is 0.791. The summed E-state index contributed by atoms with van der Waals surface area (Å²) in [6.07, 6.45) is -0.505. The van der Waals surface area contributed by atoms with Crippen LogP contribution in [0.25, 0.3) is 0 Å². The molecule has 0 aliphatic heterocycles. The summed E-state index contributed by atoms with van der Waals surface area (Å²) in [5.74, 6) is 0. The lowest BCUT2D eigenvalue weighted by atomic mass is 11.1. The Bertz CT molecular complexity index is 66.0. The third-order valence-electron chi connectivity index (χ3n) is 0.390. The molecule has 0 unspecified atom stereocenters. The van der Waals surface area contributed by atoms with Gasteiger partial charge in [-0.1, -0.05) is 11.6 Å². The van der Waals surface area contributed by atoms with E-state index in [1.54, 1.807) is 0 Å². The van der Waals surface area contributed by atoms with E-state index in [0.717, 1.165) is 0 Å². The summed E-state index contributed by atoms with van der Waals surface area (Å²) in [6, 6.07) is -0.0975. The molecule has 7 heavy (non-hydrogen) atoms. The molecule has 1 amide bonds. The van der Waals surface area contributed by atoms with Gasteiger partial charge >= 0.3 is 6.09 Å². The number of nitrogens with one attached hydrogen (secondary N) is 1. The minimum atomic E-state index is -0.505. The van der Waals surface area contributed by atoms with Crippen molar-refractivity contribution in [2.45, 2.75) is 0 Å². The molecule has 0 spiro atoms. The van der Waals surface area contributed by atoms with E-state index in [0.29, 0.717) is 0 Å². The molecule has 0 atom stereocenters. The van der Waals surface area contributed by atoms with Crippen LogP contribution in [-0.4, -0.2) is 19.2 Å². The lowest BCUT2D eigenvalue weighted by Gasteiger charge is -1.94. The van der Waals surface area contributed by atoms with Gasteiger partial charge in [0.05, 0.1) is 0 Å². The highest BCUT2D eigenvalue weighted by Crippen LogP contribution is 1.77. The molecule has 0 bridgehead atoms. The van der Waals surface area contributed by atoms with Crippen LogP contribution in [0, 0.1) is 0 Å². The van der Waals surface area contributed by atoms with Crippen LogP contribution in [-0.2, 0) is 4.74 Å². The smallest absolute Gasteiger partial charge is 0.408 e. The Labute approximate surface area is 46.6 Å². The highest BCUT2D eigenvalue weighted by molar-refractivity contribution is 6.17. The first-order valence-corrected chi connectivity index (χ1v) is 2.25. The molecule has 0 rings (SSSR count). The molecule has 4 heteroatoms. The Kier molecular flexibility index (Phi) is 3.50. The van der Waals surface area contributed by atoms with Crippen LogP contribution >= 0.6 is 11.6 Å². The molecule has 0 saturated heterocycles. The monoisotopic (exact) mass is 123 g/mol. The highest BCUT2D eigenvalue weighted by Gasteiger charge is 1.90. The lowest BCUT2D eigenvalue weighted by Crippen LogP contribution is -2.18. The number of halogens is 1. The number of amides is 1. The largest absolute Gasteiger partial charge is 0.433 e. The van der Waals surface area contributed by atoms with Crippen LogP contribution in [0.15, 0.2) is 0 Å². The maximum Gasteiger partial charge on any atom is 0.408 e. The Morgan fingerprint density at radius 1 is 2.00 bits per heavy atom. The summed E-state index contributed by atoms with van der Waals surface area (Å²) in [7, 11) is 1.47. The van der Waals surface area contributed by atoms with Crippen molar-refractivity contribution in [3.05, 3.63) is 0 Å². The first kappa shape index (κ1) is 6.56. The summed E-state index contributed by atoms with van der Waals surface area (Å²) in [4.78, 5) is 9.99. The van der Waals surface area contributed by atoms with Crippen molar-refractivity contribution in [3.63, 3.8) is 0 Å². The molecule has 42 valence electrons. The zero-order valence-corrected chi connectivity index (χ0v) is 4.66. The summed E-state index contributed by atoms with van der Waals surface area (Å²) in [5, 5.41) is 2.22. The Hall–Kier alpha value is -0.440. The maximum absolute atomic E-state index is 9.99. The number of ether oxygens (including phenoxy) is 1. The third-order valence-corrected chi connectivity index (χ3v) is 0.499.